The van der Waals surface area contributed by atoms with Gasteiger partial charge in [-0.25, -0.2) is 0 Å². The van der Waals surface area contributed by atoms with Crippen LogP contribution in [0.15, 0.2) is 54.6 Å². The van der Waals surface area contributed by atoms with E-state index in [2.05, 4.69) is 27.9 Å². The molecule has 0 aliphatic carbocycles. The number of hydrogen-bond acceptors (Lipinski definition) is 6. The predicted molar refractivity (Wildman–Crippen MR) is 136 cm³/mol. The molecule has 7 nitrogen and oxygen atoms in total. The van der Waals surface area contributed by atoms with Gasteiger partial charge in [0.25, 0.3) is 5.91 Å². The van der Waals surface area contributed by atoms with Crippen molar-refractivity contribution in [2.45, 2.75) is 13.1 Å². The molecule has 1 heterocycles. The average Bonchev–Trinajstić information content (AvgIpc) is 2.84. The Morgan fingerprint density at radius 2 is 1.67 bits per heavy atom. The number of hydrogen-bond donors (Lipinski definition) is 1. The van der Waals surface area contributed by atoms with Crippen LogP contribution in [0, 0.1) is 3.57 Å². The standard InChI is InChI=1S/C25H25IN2O5/c1-5-33-17-9-7-16(8-10-17)28-24(27-20-12-6-15(26)14-19(20)25(28)29)18-11-13-21(30-2)23(32-4)22(18)31-3/h6-14,24,27H,5H2,1-4H3/t24-/m0/s1. The molecule has 0 spiro atoms. The minimum Gasteiger partial charge on any atom is -0.494 e. The van der Waals surface area contributed by atoms with Crippen LogP contribution in [0.5, 0.6) is 23.0 Å². The van der Waals surface area contributed by atoms with Gasteiger partial charge in [0.15, 0.2) is 11.5 Å². The Morgan fingerprint density at radius 1 is 0.939 bits per heavy atom. The van der Waals surface area contributed by atoms with Crippen LogP contribution in [-0.2, 0) is 0 Å². The van der Waals surface area contributed by atoms with Crippen LogP contribution in [-0.4, -0.2) is 33.8 Å². The fourth-order valence-corrected chi connectivity index (χ4v) is 4.46. The summed E-state index contributed by atoms with van der Waals surface area (Å²) >= 11 is 2.21. The molecule has 33 heavy (non-hydrogen) atoms. The quantitative estimate of drug-likeness (QED) is 0.386. The number of carbonyl (C=O) groups is 1. The van der Waals surface area contributed by atoms with E-state index in [1.54, 1.807) is 26.2 Å². The van der Waals surface area contributed by atoms with Crippen molar-refractivity contribution in [3.8, 4) is 23.0 Å². The zero-order valence-electron chi connectivity index (χ0n) is 18.8. The lowest BCUT2D eigenvalue weighted by molar-refractivity contribution is 0.0974. The summed E-state index contributed by atoms with van der Waals surface area (Å²) in [5.41, 5.74) is 2.82. The number of halogens is 1. The molecule has 0 saturated carbocycles. The van der Waals surface area contributed by atoms with Gasteiger partial charge in [-0.05, 0) is 84.1 Å². The molecule has 4 rings (SSSR count). The van der Waals surface area contributed by atoms with Gasteiger partial charge in [-0.3, -0.25) is 9.69 Å². The van der Waals surface area contributed by atoms with Crippen LogP contribution in [0.2, 0.25) is 0 Å². The molecule has 3 aromatic carbocycles. The molecular formula is C25H25IN2O5. The number of carbonyl (C=O) groups excluding carboxylic acids is 1. The van der Waals surface area contributed by atoms with Crippen LogP contribution in [0.4, 0.5) is 11.4 Å². The molecule has 172 valence electrons. The van der Waals surface area contributed by atoms with Crippen LogP contribution in [0.25, 0.3) is 0 Å². The first kappa shape index (κ1) is 23.0. The molecule has 1 atom stereocenters. The highest BCUT2D eigenvalue weighted by molar-refractivity contribution is 14.1. The number of benzene rings is 3. The second kappa shape index (κ2) is 9.78. The molecule has 0 unspecified atom stereocenters. The van der Waals surface area contributed by atoms with Gasteiger partial charge >= 0.3 is 0 Å². The van der Waals surface area contributed by atoms with Gasteiger partial charge in [-0.15, -0.1) is 0 Å². The summed E-state index contributed by atoms with van der Waals surface area (Å²) in [5, 5.41) is 3.52. The summed E-state index contributed by atoms with van der Waals surface area (Å²) in [5.74, 6) is 2.13. The fourth-order valence-electron chi connectivity index (χ4n) is 3.97. The van der Waals surface area contributed by atoms with E-state index < -0.39 is 6.17 Å². The Morgan fingerprint density at radius 3 is 2.30 bits per heavy atom. The summed E-state index contributed by atoms with van der Waals surface area (Å²) < 4.78 is 23.3. The first-order valence-electron chi connectivity index (χ1n) is 10.4. The van der Waals surface area contributed by atoms with Gasteiger partial charge < -0.3 is 24.3 Å². The van der Waals surface area contributed by atoms with Crippen molar-refractivity contribution in [2.75, 3.05) is 38.2 Å². The van der Waals surface area contributed by atoms with E-state index in [9.17, 15) is 4.79 Å². The number of anilines is 2. The molecule has 1 aliphatic heterocycles. The van der Waals surface area contributed by atoms with Crippen LogP contribution in [0.1, 0.15) is 29.0 Å². The van der Waals surface area contributed by atoms with Crippen molar-refractivity contribution < 1.29 is 23.7 Å². The number of nitrogens with zero attached hydrogens (tertiary/aromatic N) is 1. The van der Waals surface area contributed by atoms with E-state index in [0.717, 1.165) is 26.3 Å². The first-order chi connectivity index (χ1) is 16.0. The molecular weight excluding hydrogens is 535 g/mol. The highest BCUT2D eigenvalue weighted by atomic mass is 127. The van der Waals surface area contributed by atoms with Gasteiger partial charge in [-0.2, -0.15) is 0 Å². The molecule has 0 saturated heterocycles. The van der Waals surface area contributed by atoms with Gasteiger partial charge in [-0.1, -0.05) is 0 Å². The molecule has 1 N–H and O–H groups in total. The second-order valence-corrected chi connectivity index (χ2v) is 8.51. The Bertz CT molecular complexity index is 1170. The lowest BCUT2D eigenvalue weighted by Gasteiger charge is -2.39. The molecule has 0 bridgehead atoms. The van der Waals surface area contributed by atoms with Crippen molar-refractivity contribution >= 4 is 39.9 Å². The Hall–Kier alpha value is -3.14. The SMILES string of the molecule is CCOc1ccc(N2C(=O)c3cc(I)ccc3N[C@@H]2c2ccc(OC)c(OC)c2OC)cc1. The van der Waals surface area contributed by atoms with Crippen LogP contribution >= 0.6 is 22.6 Å². The van der Waals surface area contributed by atoms with E-state index in [1.165, 1.54) is 0 Å². The highest BCUT2D eigenvalue weighted by Gasteiger charge is 2.37. The number of nitrogens with one attached hydrogen (secondary N) is 1. The topological polar surface area (TPSA) is 69.3 Å². The van der Waals surface area contributed by atoms with E-state index in [-0.39, 0.29) is 5.91 Å². The smallest absolute Gasteiger partial charge is 0.262 e. The molecule has 0 aromatic heterocycles. The highest BCUT2D eigenvalue weighted by Crippen LogP contribution is 2.46. The third-order valence-corrected chi connectivity index (χ3v) is 6.11. The number of ether oxygens (including phenoxy) is 4. The minimum atomic E-state index is -0.544. The van der Waals surface area contributed by atoms with Gasteiger partial charge in [0.05, 0.1) is 33.5 Å². The van der Waals surface area contributed by atoms with Crippen molar-refractivity contribution in [3.05, 3.63) is 69.3 Å². The maximum atomic E-state index is 13.8. The largest absolute Gasteiger partial charge is 0.494 e. The summed E-state index contributed by atoms with van der Waals surface area (Å²) in [6.07, 6.45) is -0.544. The van der Waals surface area contributed by atoms with Crippen LogP contribution < -0.4 is 29.2 Å². The predicted octanol–water partition coefficient (Wildman–Crippen LogP) is 5.49. The molecule has 1 aliphatic rings. The van der Waals surface area contributed by atoms with Gasteiger partial charge in [0.2, 0.25) is 5.75 Å². The lowest BCUT2D eigenvalue weighted by atomic mass is 10.0. The number of amides is 1. The van der Waals surface area contributed by atoms with E-state index in [4.69, 9.17) is 18.9 Å². The summed E-state index contributed by atoms with van der Waals surface area (Å²) in [6, 6.07) is 16.9. The summed E-state index contributed by atoms with van der Waals surface area (Å²) in [7, 11) is 4.71. The average molecular weight is 560 g/mol. The van der Waals surface area contributed by atoms with E-state index in [1.807, 2.05) is 61.5 Å². The summed E-state index contributed by atoms with van der Waals surface area (Å²) in [6.45, 7) is 2.50. The molecule has 0 radical (unpaired) electrons. The molecule has 8 heteroatoms. The Labute approximate surface area is 206 Å². The van der Waals surface area contributed by atoms with Crippen molar-refractivity contribution in [3.63, 3.8) is 0 Å². The van der Waals surface area contributed by atoms with Crippen molar-refractivity contribution in [1.29, 1.82) is 0 Å². The maximum Gasteiger partial charge on any atom is 0.262 e. The number of methoxy groups -OCH3 is 3. The van der Waals surface area contributed by atoms with Gasteiger partial charge in [0, 0.05) is 20.5 Å². The fraction of sp³-hybridized carbons (Fsp3) is 0.240. The second-order valence-electron chi connectivity index (χ2n) is 7.26. The zero-order valence-corrected chi connectivity index (χ0v) is 21.0. The maximum absolute atomic E-state index is 13.8. The zero-order chi connectivity index (χ0) is 23.5. The van der Waals surface area contributed by atoms with E-state index >= 15 is 0 Å². The van der Waals surface area contributed by atoms with Crippen molar-refractivity contribution in [1.82, 2.24) is 0 Å². The Kier molecular flexibility index (Phi) is 6.83. The lowest BCUT2D eigenvalue weighted by Crippen LogP contribution is -2.43. The monoisotopic (exact) mass is 560 g/mol. The number of fused-ring (bicyclic) bond motifs is 1. The third kappa shape index (κ3) is 4.27. The number of rotatable bonds is 7. The third-order valence-electron chi connectivity index (χ3n) is 5.44. The first-order valence-corrected chi connectivity index (χ1v) is 11.5. The molecule has 1 amide bonds. The molecule has 3 aromatic rings. The Balaban J connectivity index is 1.89. The van der Waals surface area contributed by atoms with Gasteiger partial charge in [0.1, 0.15) is 11.9 Å². The van der Waals surface area contributed by atoms with E-state index in [0.29, 0.717) is 29.4 Å². The minimum absolute atomic E-state index is 0.117. The van der Waals surface area contributed by atoms with Crippen LogP contribution in [0.3, 0.4) is 0 Å². The summed E-state index contributed by atoms with van der Waals surface area (Å²) in [4.78, 5) is 15.5. The van der Waals surface area contributed by atoms with Crippen molar-refractivity contribution in [2.24, 2.45) is 0 Å². The molecule has 0 fully saturated rings. The normalized spacial score (nSPS) is 14.9.